The Balaban J connectivity index is 2.51. The molecule has 0 fully saturated rings. The molecule has 0 aliphatic rings. The van der Waals surface area contributed by atoms with Gasteiger partial charge in [-0.1, -0.05) is 26.0 Å². The first-order chi connectivity index (χ1) is 8.00. The quantitative estimate of drug-likeness (QED) is 0.822. The van der Waals surface area contributed by atoms with Crippen molar-refractivity contribution in [3.05, 3.63) is 24.3 Å². The Hall–Kier alpha value is -1.71. The lowest BCUT2D eigenvalue weighted by atomic mass is 10.2. The Bertz CT molecular complexity index is 377. The first-order valence-electron chi connectivity index (χ1n) is 5.73. The average Bonchev–Trinajstić information content (AvgIpc) is 2.28. The van der Waals surface area contributed by atoms with Crippen molar-refractivity contribution in [2.75, 3.05) is 6.54 Å². The first-order valence-corrected chi connectivity index (χ1v) is 5.73. The van der Waals surface area contributed by atoms with Gasteiger partial charge in [0, 0.05) is 6.54 Å². The summed E-state index contributed by atoms with van der Waals surface area (Å²) in [5.74, 6) is 0.578. The topological polar surface area (TPSA) is 58.6 Å². The lowest BCUT2D eigenvalue weighted by Crippen LogP contribution is -2.38. The lowest BCUT2D eigenvalue weighted by Gasteiger charge is -2.16. The second kappa shape index (κ2) is 6.13. The Labute approximate surface area is 102 Å². The normalized spacial score (nSPS) is 12.2. The highest BCUT2D eigenvalue weighted by molar-refractivity contribution is 5.80. The zero-order valence-electron chi connectivity index (χ0n) is 10.4. The molecule has 0 radical (unpaired) electrons. The molecule has 1 aromatic rings. The van der Waals surface area contributed by atoms with E-state index in [4.69, 9.17) is 4.74 Å². The molecule has 0 saturated carbocycles. The predicted octanol–water partition coefficient (Wildman–Crippen LogP) is 1.93. The number of benzene rings is 1. The number of hydrogen-bond acceptors (Lipinski definition) is 3. The maximum atomic E-state index is 11.6. The number of hydrogen-bond donors (Lipinski definition) is 2. The first kappa shape index (κ1) is 13.4. The van der Waals surface area contributed by atoms with Crippen LogP contribution in [0, 0.1) is 5.92 Å². The van der Waals surface area contributed by atoms with Gasteiger partial charge in [-0.3, -0.25) is 4.79 Å². The molecule has 1 amide bonds. The van der Waals surface area contributed by atoms with Gasteiger partial charge in [0.2, 0.25) is 0 Å². The van der Waals surface area contributed by atoms with Gasteiger partial charge in [-0.05, 0) is 25.0 Å². The molecule has 94 valence electrons. The SMILES string of the molecule is CC(C)CNC(=O)C(C)Oc1ccccc1O. The van der Waals surface area contributed by atoms with Crippen LogP contribution in [0.15, 0.2) is 24.3 Å². The minimum atomic E-state index is -0.623. The van der Waals surface area contributed by atoms with E-state index in [0.29, 0.717) is 18.2 Å². The standard InChI is InChI=1S/C13H19NO3/c1-9(2)8-14-13(16)10(3)17-12-7-5-4-6-11(12)15/h4-7,9-10,15H,8H2,1-3H3,(H,14,16). The maximum absolute atomic E-state index is 11.6. The van der Waals surface area contributed by atoms with Gasteiger partial charge in [-0.15, -0.1) is 0 Å². The van der Waals surface area contributed by atoms with Crippen molar-refractivity contribution in [2.45, 2.75) is 26.9 Å². The van der Waals surface area contributed by atoms with E-state index in [1.54, 1.807) is 25.1 Å². The van der Waals surface area contributed by atoms with Gasteiger partial charge in [-0.2, -0.15) is 0 Å². The molecule has 0 spiro atoms. The summed E-state index contributed by atoms with van der Waals surface area (Å²) >= 11 is 0. The summed E-state index contributed by atoms with van der Waals surface area (Å²) in [6.07, 6.45) is -0.623. The molecule has 1 rings (SSSR count). The number of rotatable bonds is 5. The Morgan fingerprint density at radius 2 is 2.00 bits per heavy atom. The third kappa shape index (κ3) is 4.34. The Kier molecular flexibility index (Phi) is 4.82. The molecule has 0 bridgehead atoms. The van der Waals surface area contributed by atoms with Crippen molar-refractivity contribution >= 4 is 5.91 Å². The van der Waals surface area contributed by atoms with E-state index in [-0.39, 0.29) is 11.7 Å². The van der Waals surface area contributed by atoms with Gasteiger partial charge in [0.25, 0.3) is 5.91 Å². The third-order valence-corrected chi connectivity index (χ3v) is 2.22. The number of nitrogens with one attached hydrogen (secondary N) is 1. The molecule has 4 heteroatoms. The highest BCUT2D eigenvalue weighted by atomic mass is 16.5. The van der Waals surface area contributed by atoms with E-state index < -0.39 is 6.10 Å². The van der Waals surface area contributed by atoms with Crippen LogP contribution in [0.2, 0.25) is 0 Å². The van der Waals surface area contributed by atoms with Crippen LogP contribution in [0.3, 0.4) is 0 Å². The summed E-state index contributed by atoms with van der Waals surface area (Å²) in [7, 11) is 0. The Morgan fingerprint density at radius 3 is 2.59 bits per heavy atom. The van der Waals surface area contributed by atoms with E-state index in [2.05, 4.69) is 5.32 Å². The van der Waals surface area contributed by atoms with E-state index >= 15 is 0 Å². The zero-order valence-corrected chi connectivity index (χ0v) is 10.4. The summed E-state index contributed by atoms with van der Waals surface area (Å²) in [6, 6.07) is 6.59. The molecule has 4 nitrogen and oxygen atoms in total. The summed E-state index contributed by atoms with van der Waals surface area (Å²) < 4.78 is 5.38. The van der Waals surface area contributed by atoms with Crippen LogP contribution < -0.4 is 10.1 Å². The van der Waals surface area contributed by atoms with E-state index in [1.807, 2.05) is 13.8 Å². The van der Waals surface area contributed by atoms with Crippen molar-refractivity contribution in [3.8, 4) is 11.5 Å². The van der Waals surface area contributed by atoms with E-state index in [1.165, 1.54) is 6.07 Å². The average molecular weight is 237 g/mol. The van der Waals surface area contributed by atoms with Crippen LogP contribution in [-0.2, 0) is 4.79 Å². The van der Waals surface area contributed by atoms with Gasteiger partial charge >= 0.3 is 0 Å². The molecule has 0 heterocycles. The van der Waals surface area contributed by atoms with Crippen LogP contribution in [0.1, 0.15) is 20.8 Å². The summed E-state index contributed by atoms with van der Waals surface area (Å²) in [4.78, 5) is 11.6. The fourth-order valence-electron chi connectivity index (χ4n) is 1.25. The smallest absolute Gasteiger partial charge is 0.260 e. The molecule has 1 unspecified atom stereocenters. The molecule has 0 aliphatic heterocycles. The molecular formula is C13H19NO3. The number of amides is 1. The number of phenols is 1. The molecule has 2 N–H and O–H groups in total. The number of carbonyl (C=O) groups excluding carboxylic acids is 1. The molecule has 0 aliphatic carbocycles. The lowest BCUT2D eigenvalue weighted by molar-refractivity contribution is -0.127. The van der Waals surface area contributed by atoms with Crippen molar-refractivity contribution in [3.63, 3.8) is 0 Å². The van der Waals surface area contributed by atoms with Crippen molar-refractivity contribution in [1.82, 2.24) is 5.32 Å². The number of phenolic OH excluding ortho intramolecular Hbond substituents is 1. The number of carbonyl (C=O) groups is 1. The van der Waals surface area contributed by atoms with E-state index in [9.17, 15) is 9.90 Å². The largest absolute Gasteiger partial charge is 0.504 e. The van der Waals surface area contributed by atoms with Crippen molar-refractivity contribution in [1.29, 1.82) is 0 Å². The fraction of sp³-hybridized carbons (Fsp3) is 0.462. The molecule has 1 atom stereocenters. The fourth-order valence-corrected chi connectivity index (χ4v) is 1.25. The summed E-state index contributed by atoms with van der Waals surface area (Å²) in [5.41, 5.74) is 0. The van der Waals surface area contributed by atoms with Gasteiger partial charge in [0.15, 0.2) is 17.6 Å². The minimum absolute atomic E-state index is 0.0380. The minimum Gasteiger partial charge on any atom is -0.504 e. The van der Waals surface area contributed by atoms with E-state index in [0.717, 1.165) is 0 Å². The maximum Gasteiger partial charge on any atom is 0.260 e. The van der Waals surface area contributed by atoms with Gasteiger partial charge < -0.3 is 15.2 Å². The molecular weight excluding hydrogens is 218 g/mol. The third-order valence-electron chi connectivity index (χ3n) is 2.22. The number of para-hydroxylation sites is 2. The predicted molar refractivity (Wildman–Crippen MR) is 66.0 cm³/mol. The van der Waals surface area contributed by atoms with Crippen LogP contribution in [0.25, 0.3) is 0 Å². The van der Waals surface area contributed by atoms with Crippen molar-refractivity contribution in [2.24, 2.45) is 5.92 Å². The summed E-state index contributed by atoms with van der Waals surface area (Å²) in [5, 5.41) is 12.3. The van der Waals surface area contributed by atoms with Crippen molar-refractivity contribution < 1.29 is 14.6 Å². The molecule has 17 heavy (non-hydrogen) atoms. The van der Waals surface area contributed by atoms with Crippen LogP contribution in [0.4, 0.5) is 0 Å². The monoisotopic (exact) mass is 237 g/mol. The van der Waals surface area contributed by atoms with Crippen LogP contribution in [0.5, 0.6) is 11.5 Å². The number of aromatic hydroxyl groups is 1. The molecule has 0 aromatic heterocycles. The highest BCUT2D eigenvalue weighted by Crippen LogP contribution is 2.25. The number of ether oxygens (including phenoxy) is 1. The van der Waals surface area contributed by atoms with Crippen LogP contribution >= 0.6 is 0 Å². The van der Waals surface area contributed by atoms with Crippen LogP contribution in [-0.4, -0.2) is 23.7 Å². The van der Waals surface area contributed by atoms with Gasteiger partial charge in [0.1, 0.15) is 0 Å². The highest BCUT2D eigenvalue weighted by Gasteiger charge is 2.15. The summed E-state index contributed by atoms with van der Waals surface area (Å²) in [6.45, 7) is 6.32. The second-order valence-corrected chi connectivity index (χ2v) is 4.37. The molecule has 1 aromatic carbocycles. The Morgan fingerprint density at radius 1 is 1.35 bits per heavy atom. The van der Waals surface area contributed by atoms with Gasteiger partial charge in [0.05, 0.1) is 0 Å². The van der Waals surface area contributed by atoms with Gasteiger partial charge in [-0.25, -0.2) is 0 Å². The second-order valence-electron chi connectivity index (χ2n) is 4.37. The zero-order chi connectivity index (χ0) is 12.8. The molecule has 0 saturated heterocycles.